The molecule has 154 valence electrons. The molecule has 1 saturated carbocycles. The maximum atomic E-state index is 12.2. The first-order chi connectivity index (χ1) is 13.0. The molecule has 0 radical (unpaired) electrons. The molecule has 0 saturated heterocycles. The summed E-state index contributed by atoms with van der Waals surface area (Å²) in [5, 5.41) is 0. The van der Waals surface area contributed by atoms with Gasteiger partial charge in [0.2, 0.25) is 0 Å². The second kappa shape index (κ2) is 7.73. The molecule has 0 bridgehead atoms. The van der Waals surface area contributed by atoms with Crippen LogP contribution in [0.5, 0.6) is 5.75 Å². The lowest BCUT2D eigenvalue weighted by atomic mass is 9.82. The van der Waals surface area contributed by atoms with Crippen LogP contribution in [0.1, 0.15) is 57.6 Å². The number of nitrogens with two attached hydrogens (primary N) is 1. The zero-order chi connectivity index (χ0) is 20.5. The number of esters is 1. The van der Waals surface area contributed by atoms with E-state index in [-0.39, 0.29) is 23.5 Å². The molecule has 1 aromatic rings. The lowest BCUT2D eigenvalue weighted by Crippen LogP contribution is -2.32. The summed E-state index contributed by atoms with van der Waals surface area (Å²) in [7, 11) is -3.56. The standard InChI is InChI=1S/C20H28N2O5S/c1-20(2,3)27-19(23)14-9-7-13(8-10-14)11-26-16-6-4-5-15-12-28(24,25)22-18(21)17(15)16/h4-6,13-14H,7-12H2,1-3H3,(H2,21,22). The maximum absolute atomic E-state index is 12.2. The first-order valence-electron chi connectivity index (χ1n) is 9.60. The number of ether oxygens (including phenoxy) is 2. The number of amidine groups is 1. The van der Waals surface area contributed by atoms with Gasteiger partial charge in [-0.3, -0.25) is 4.79 Å². The summed E-state index contributed by atoms with van der Waals surface area (Å²) in [6.45, 7) is 6.14. The van der Waals surface area contributed by atoms with Gasteiger partial charge < -0.3 is 15.2 Å². The van der Waals surface area contributed by atoms with Crippen molar-refractivity contribution >= 4 is 21.8 Å². The van der Waals surface area contributed by atoms with Crippen molar-refractivity contribution in [2.75, 3.05) is 6.61 Å². The van der Waals surface area contributed by atoms with Crippen LogP contribution in [0, 0.1) is 11.8 Å². The number of sulfonamides is 1. The molecule has 0 unspecified atom stereocenters. The van der Waals surface area contributed by atoms with Crippen molar-refractivity contribution in [3.63, 3.8) is 0 Å². The molecule has 0 aromatic heterocycles. The summed E-state index contributed by atoms with van der Waals surface area (Å²) in [4.78, 5) is 12.2. The van der Waals surface area contributed by atoms with Crippen molar-refractivity contribution in [2.45, 2.75) is 57.8 Å². The van der Waals surface area contributed by atoms with E-state index in [1.165, 1.54) is 0 Å². The Kier molecular flexibility index (Phi) is 5.70. The number of nitrogens with zero attached hydrogens (tertiary/aromatic N) is 1. The average molecular weight is 409 g/mol. The highest BCUT2D eigenvalue weighted by Gasteiger charge is 2.31. The number of benzene rings is 1. The van der Waals surface area contributed by atoms with E-state index in [9.17, 15) is 13.2 Å². The number of carbonyl (C=O) groups excluding carboxylic acids is 1. The van der Waals surface area contributed by atoms with Gasteiger partial charge in [0.15, 0.2) is 0 Å². The van der Waals surface area contributed by atoms with Crippen molar-refractivity contribution in [1.29, 1.82) is 0 Å². The van der Waals surface area contributed by atoms with Gasteiger partial charge in [-0.1, -0.05) is 12.1 Å². The number of rotatable bonds is 4. The van der Waals surface area contributed by atoms with E-state index < -0.39 is 15.6 Å². The van der Waals surface area contributed by atoms with Crippen LogP contribution in [-0.4, -0.2) is 32.4 Å². The minimum atomic E-state index is -3.56. The topological polar surface area (TPSA) is 108 Å². The summed E-state index contributed by atoms with van der Waals surface area (Å²) in [6.07, 6.45) is 3.35. The van der Waals surface area contributed by atoms with Crippen molar-refractivity contribution in [2.24, 2.45) is 22.0 Å². The molecule has 0 spiro atoms. The quantitative estimate of drug-likeness (QED) is 0.768. The molecule has 2 N–H and O–H groups in total. The predicted molar refractivity (Wildman–Crippen MR) is 107 cm³/mol. The molecule has 8 heteroatoms. The molecule has 1 aliphatic carbocycles. The Morgan fingerprint density at radius 2 is 1.89 bits per heavy atom. The first-order valence-corrected chi connectivity index (χ1v) is 11.2. The summed E-state index contributed by atoms with van der Waals surface area (Å²) in [5.74, 6) is 0.539. The van der Waals surface area contributed by atoms with Gasteiger partial charge in [0, 0.05) is 0 Å². The fourth-order valence-corrected chi connectivity index (χ4v) is 4.78. The second-order valence-corrected chi connectivity index (χ2v) is 10.2. The molecular weight excluding hydrogens is 380 g/mol. The normalized spacial score (nSPS) is 24.0. The van der Waals surface area contributed by atoms with Gasteiger partial charge in [-0.05, 0) is 64.0 Å². The van der Waals surface area contributed by atoms with Crippen molar-refractivity contribution in [1.82, 2.24) is 0 Å². The fourth-order valence-electron chi connectivity index (χ4n) is 3.69. The van der Waals surface area contributed by atoms with Gasteiger partial charge in [0.25, 0.3) is 10.0 Å². The molecule has 0 atom stereocenters. The first kappa shape index (κ1) is 20.6. The Morgan fingerprint density at radius 1 is 1.21 bits per heavy atom. The molecule has 0 amide bonds. The molecule has 7 nitrogen and oxygen atoms in total. The van der Waals surface area contributed by atoms with Gasteiger partial charge in [-0.15, -0.1) is 4.40 Å². The van der Waals surface area contributed by atoms with E-state index >= 15 is 0 Å². The van der Waals surface area contributed by atoms with Crippen molar-refractivity contribution in [3.8, 4) is 5.75 Å². The number of carbonyl (C=O) groups is 1. The summed E-state index contributed by atoms with van der Waals surface area (Å²) < 4.78 is 38.6. The average Bonchev–Trinajstić information content (AvgIpc) is 2.57. The summed E-state index contributed by atoms with van der Waals surface area (Å²) in [5.41, 5.74) is 6.59. The molecule has 1 heterocycles. The molecule has 1 fully saturated rings. The van der Waals surface area contributed by atoms with Crippen molar-refractivity contribution in [3.05, 3.63) is 29.3 Å². The minimum absolute atomic E-state index is 0.0227. The van der Waals surface area contributed by atoms with Crippen LogP contribution in [-0.2, 0) is 25.3 Å². The Labute approximate surface area is 166 Å². The van der Waals surface area contributed by atoms with Crippen LogP contribution in [0.4, 0.5) is 0 Å². The van der Waals surface area contributed by atoms with Crippen LogP contribution in [0.15, 0.2) is 22.6 Å². The maximum Gasteiger partial charge on any atom is 0.309 e. The van der Waals surface area contributed by atoms with E-state index in [1.807, 2.05) is 20.8 Å². The highest BCUT2D eigenvalue weighted by Crippen LogP contribution is 2.33. The minimum Gasteiger partial charge on any atom is -0.493 e. The zero-order valence-corrected chi connectivity index (χ0v) is 17.4. The van der Waals surface area contributed by atoms with E-state index in [1.54, 1.807) is 18.2 Å². The highest BCUT2D eigenvalue weighted by atomic mass is 32.2. The van der Waals surface area contributed by atoms with Gasteiger partial charge in [0.1, 0.15) is 17.2 Å². The number of fused-ring (bicyclic) bond motifs is 1. The fraction of sp³-hybridized carbons (Fsp3) is 0.600. The van der Waals surface area contributed by atoms with Crippen LogP contribution < -0.4 is 10.5 Å². The highest BCUT2D eigenvalue weighted by molar-refractivity contribution is 7.89. The smallest absolute Gasteiger partial charge is 0.309 e. The molecule has 1 aliphatic heterocycles. The Balaban J connectivity index is 1.58. The largest absolute Gasteiger partial charge is 0.493 e. The Hall–Kier alpha value is -2.09. The number of hydrogen-bond donors (Lipinski definition) is 1. The SMILES string of the molecule is CC(C)(C)OC(=O)C1CCC(COc2cccc3c2C(N)=NS(=O)(=O)C3)CC1. The lowest BCUT2D eigenvalue weighted by Gasteiger charge is -2.30. The van der Waals surface area contributed by atoms with Crippen LogP contribution in [0.25, 0.3) is 0 Å². The van der Waals surface area contributed by atoms with E-state index in [2.05, 4.69) is 4.40 Å². The number of hydrogen-bond acceptors (Lipinski definition) is 6. The van der Waals surface area contributed by atoms with Crippen molar-refractivity contribution < 1.29 is 22.7 Å². The molecule has 2 aliphatic rings. The zero-order valence-electron chi connectivity index (χ0n) is 16.6. The third-order valence-corrected chi connectivity index (χ3v) is 6.16. The summed E-state index contributed by atoms with van der Waals surface area (Å²) in [6, 6.07) is 5.28. The molecule has 1 aromatic carbocycles. The third kappa shape index (κ3) is 5.04. The predicted octanol–water partition coefficient (Wildman–Crippen LogP) is 2.76. The van der Waals surface area contributed by atoms with Crippen LogP contribution in [0.2, 0.25) is 0 Å². The van der Waals surface area contributed by atoms with Crippen LogP contribution >= 0.6 is 0 Å². The van der Waals surface area contributed by atoms with Gasteiger partial charge in [-0.2, -0.15) is 0 Å². The van der Waals surface area contributed by atoms with E-state index in [0.29, 0.717) is 29.4 Å². The van der Waals surface area contributed by atoms with Gasteiger partial charge in [-0.25, -0.2) is 8.42 Å². The Morgan fingerprint density at radius 3 is 2.54 bits per heavy atom. The molecular formula is C20H28N2O5S. The van der Waals surface area contributed by atoms with Gasteiger partial charge in [0.05, 0.1) is 23.8 Å². The summed E-state index contributed by atoms with van der Waals surface area (Å²) >= 11 is 0. The molecule has 3 rings (SSSR count). The molecule has 28 heavy (non-hydrogen) atoms. The lowest BCUT2D eigenvalue weighted by molar-refractivity contribution is -0.161. The second-order valence-electron chi connectivity index (χ2n) is 8.56. The third-order valence-electron chi connectivity index (χ3n) is 5.01. The monoisotopic (exact) mass is 408 g/mol. The Bertz CT molecular complexity index is 878. The van der Waals surface area contributed by atoms with Crippen LogP contribution in [0.3, 0.4) is 0 Å². The van der Waals surface area contributed by atoms with E-state index in [0.717, 1.165) is 25.7 Å². The van der Waals surface area contributed by atoms with Gasteiger partial charge >= 0.3 is 5.97 Å². The van der Waals surface area contributed by atoms with E-state index in [4.69, 9.17) is 15.2 Å².